The average molecular weight is 291 g/mol. The molecule has 0 aliphatic heterocycles. The highest BCUT2D eigenvalue weighted by atomic mass is 32.2. The van der Waals surface area contributed by atoms with Gasteiger partial charge in [-0.25, -0.2) is 12.8 Å². The first-order chi connectivity index (χ1) is 8.29. The number of benzene rings is 1. The minimum absolute atomic E-state index is 0.0210. The summed E-state index contributed by atoms with van der Waals surface area (Å²) in [7, 11) is -2.96. The lowest BCUT2D eigenvalue weighted by atomic mass is 10.1. The molecule has 2 atom stereocenters. The number of rotatable bonds is 6. The highest BCUT2D eigenvalue weighted by Gasteiger charge is 2.17. The minimum Gasteiger partial charge on any atom is -0.327 e. The summed E-state index contributed by atoms with van der Waals surface area (Å²) in [6.45, 7) is 1.86. The van der Waals surface area contributed by atoms with Gasteiger partial charge >= 0.3 is 0 Å². The van der Waals surface area contributed by atoms with Gasteiger partial charge in [0.15, 0.2) is 0 Å². The third-order valence-corrected chi connectivity index (χ3v) is 5.13. The highest BCUT2D eigenvalue weighted by molar-refractivity contribution is 8.00. The number of sulfone groups is 1. The lowest BCUT2D eigenvalue weighted by molar-refractivity contribution is 0.603. The lowest BCUT2D eigenvalue weighted by Crippen LogP contribution is -2.23. The number of nitrogens with two attached hydrogens (primary N) is 1. The fraction of sp³-hybridized carbons (Fsp3) is 0.500. The molecule has 18 heavy (non-hydrogen) atoms. The minimum atomic E-state index is -2.96. The van der Waals surface area contributed by atoms with Crippen molar-refractivity contribution in [2.75, 3.05) is 17.8 Å². The number of hydrogen-bond donors (Lipinski definition) is 1. The molecule has 0 radical (unpaired) electrons. The van der Waals surface area contributed by atoms with Gasteiger partial charge in [0.25, 0.3) is 0 Å². The summed E-state index contributed by atoms with van der Waals surface area (Å²) in [5, 5.41) is -0.0210. The Bertz CT molecular complexity index is 471. The Kier molecular flexibility index (Phi) is 5.62. The molecule has 0 aliphatic carbocycles. The molecule has 0 amide bonds. The number of thioether (sulfide) groups is 1. The fourth-order valence-electron chi connectivity index (χ4n) is 1.53. The molecule has 0 aromatic heterocycles. The van der Waals surface area contributed by atoms with Crippen molar-refractivity contribution >= 4 is 21.6 Å². The number of halogens is 1. The Morgan fingerprint density at radius 1 is 1.33 bits per heavy atom. The second-order valence-electron chi connectivity index (χ2n) is 4.33. The second-order valence-corrected chi connectivity index (χ2v) is 7.84. The zero-order chi connectivity index (χ0) is 13.8. The molecule has 2 unspecified atom stereocenters. The molecule has 0 saturated carbocycles. The van der Waals surface area contributed by atoms with Crippen LogP contribution in [0, 0.1) is 5.82 Å². The van der Waals surface area contributed by atoms with Crippen molar-refractivity contribution in [1.82, 2.24) is 0 Å². The molecule has 0 bridgehead atoms. The van der Waals surface area contributed by atoms with Crippen LogP contribution in [-0.4, -0.2) is 32.2 Å². The van der Waals surface area contributed by atoms with Crippen LogP contribution in [0.5, 0.6) is 0 Å². The molecule has 3 nitrogen and oxygen atoms in total. The molecular formula is C12H18FNO2S2. The van der Waals surface area contributed by atoms with Crippen molar-refractivity contribution in [3.8, 4) is 0 Å². The molecule has 0 heterocycles. The lowest BCUT2D eigenvalue weighted by Gasteiger charge is -2.20. The maximum absolute atomic E-state index is 12.8. The van der Waals surface area contributed by atoms with Gasteiger partial charge < -0.3 is 5.73 Å². The number of hydrogen-bond acceptors (Lipinski definition) is 4. The summed E-state index contributed by atoms with van der Waals surface area (Å²) < 4.78 is 35.0. The molecule has 1 aromatic rings. The average Bonchev–Trinajstić information content (AvgIpc) is 2.24. The normalized spacial score (nSPS) is 15.3. The van der Waals surface area contributed by atoms with Crippen LogP contribution < -0.4 is 5.73 Å². The Hall–Kier alpha value is -0.590. The standard InChI is InChI=1S/C12H18FNO2S2/c1-9(14)12(17-7-8-18(2,15)16)10-3-5-11(13)6-4-10/h3-6,9,12H,7-8,14H2,1-2H3. The summed E-state index contributed by atoms with van der Waals surface area (Å²) in [4.78, 5) is 0. The van der Waals surface area contributed by atoms with E-state index < -0.39 is 9.84 Å². The largest absolute Gasteiger partial charge is 0.327 e. The summed E-state index contributed by atoms with van der Waals surface area (Å²) in [5.74, 6) is 0.327. The van der Waals surface area contributed by atoms with Crippen LogP contribution in [0.15, 0.2) is 24.3 Å². The van der Waals surface area contributed by atoms with Gasteiger partial charge in [-0.05, 0) is 24.6 Å². The van der Waals surface area contributed by atoms with E-state index >= 15 is 0 Å². The molecular weight excluding hydrogens is 273 g/mol. The van der Waals surface area contributed by atoms with Crippen LogP contribution in [0.25, 0.3) is 0 Å². The van der Waals surface area contributed by atoms with E-state index in [1.807, 2.05) is 6.92 Å². The van der Waals surface area contributed by atoms with E-state index in [2.05, 4.69) is 0 Å². The molecule has 0 aliphatic rings. The monoisotopic (exact) mass is 291 g/mol. The van der Waals surface area contributed by atoms with E-state index in [0.717, 1.165) is 5.56 Å². The summed E-state index contributed by atoms with van der Waals surface area (Å²) >= 11 is 1.49. The topological polar surface area (TPSA) is 60.2 Å². The van der Waals surface area contributed by atoms with Gasteiger partial charge in [0, 0.05) is 23.3 Å². The van der Waals surface area contributed by atoms with E-state index in [4.69, 9.17) is 5.73 Å². The molecule has 0 saturated heterocycles. The Morgan fingerprint density at radius 3 is 2.33 bits per heavy atom. The zero-order valence-corrected chi connectivity index (χ0v) is 12.1. The predicted octanol–water partition coefficient (Wildman–Crippen LogP) is 1.99. The van der Waals surface area contributed by atoms with Gasteiger partial charge in [0.05, 0.1) is 5.75 Å². The predicted molar refractivity (Wildman–Crippen MR) is 75.0 cm³/mol. The summed E-state index contributed by atoms with van der Waals surface area (Å²) in [6, 6.07) is 6.04. The van der Waals surface area contributed by atoms with Crippen molar-refractivity contribution in [3.05, 3.63) is 35.6 Å². The van der Waals surface area contributed by atoms with E-state index in [1.54, 1.807) is 12.1 Å². The maximum Gasteiger partial charge on any atom is 0.148 e. The first kappa shape index (κ1) is 15.5. The van der Waals surface area contributed by atoms with Crippen molar-refractivity contribution < 1.29 is 12.8 Å². The first-order valence-electron chi connectivity index (χ1n) is 5.60. The Labute approximate surface area is 112 Å². The van der Waals surface area contributed by atoms with Gasteiger partial charge in [-0.1, -0.05) is 12.1 Å². The van der Waals surface area contributed by atoms with Gasteiger partial charge in [-0.3, -0.25) is 0 Å². The van der Waals surface area contributed by atoms with Gasteiger partial charge in [-0.2, -0.15) is 11.8 Å². The summed E-state index contributed by atoms with van der Waals surface area (Å²) in [5.41, 5.74) is 6.81. The zero-order valence-electron chi connectivity index (χ0n) is 10.5. The van der Waals surface area contributed by atoms with E-state index in [-0.39, 0.29) is 22.9 Å². The van der Waals surface area contributed by atoms with E-state index in [9.17, 15) is 12.8 Å². The third-order valence-electron chi connectivity index (χ3n) is 2.43. The van der Waals surface area contributed by atoms with Crippen LogP contribution in [-0.2, 0) is 9.84 Å². The first-order valence-corrected chi connectivity index (χ1v) is 8.71. The molecule has 0 fully saturated rings. The second kappa shape index (κ2) is 6.54. The Balaban J connectivity index is 2.69. The van der Waals surface area contributed by atoms with Crippen molar-refractivity contribution in [2.45, 2.75) is 18.2 Å². The van der Waals surface area contributed by atoms with Crippen LogP contribution in [0.1, 0.15) is 17.7 Å². The van der Waals surface area contributed by atoms with Crippen LogP contribution in [0.4, 0.5) is 4.39 Å². The molecule has 2 N–H and O–H groups in total. The van der Waals surface area contributed by atoms with Gasteiger partial charge in [-0.15, -0.1) is 0 Å². The molecule has 0 spiro atoms. The van der Waals surface area contributed by atoms with Crippen molar-refractivity contribution in [2.24, 2.45) is 5.73 Å². The van der Waals surface area contributed by atoms with Crippen LogP contribution in [0.2, 0.25) is 0 Å². The molecule has 6 heteroatoms. The third kappa shape index (κ3) is 5.37. The van der Waals surface area contributed by atoms with E-state index in [0.29, 0.717) is 5.75 Å². The van der Waals surface area contributed by atoms with Gasteiger partial charge in [0.2, 0.25) is 0 Å². The van der Waals surface area contributed by atoms with Gasteiger partial charge in [0.1, 0.15) is 15.7 Å². The Morgan fingerprint density at radius 2 is 1.89 bits per heavy atom. The molecule has 1 aromatic carbocycles. The van der Waals surface area contributed by atoms with Crippen LogP contribution >= 0.6 is 11.8 Å². The molecule has 1 rings (SSSR count). The van der Waals surface area contributed by atoms with E-state index in [1.165, 1.54) is 30.2 Å². The summed E-state index contributed by atoms with van der Waals surface area (Å²) in [6.07, 6.45) is 1.21. The van der Waals surface area contributed by atoms with Crippen molar-refractivity contribution in [3.63, 3.8) is 0 Å². The quantitative estimate of drug-likeness (QED) is 0.871. The smallest absolute Gasteiger partial charge is 0.148 e. The SMILES string of the molecule is CC(N)C(SCCS(C)(=O)=O)c1ccc(F)cc1. The molecule has 102 valence electrons. The van der Waals surface area contributed by atoms with Crippen molar-refractivity contribution in [1.29, 1.82) is 0 Å². The maximum atomic E-state index is 12.8. The van der Waals surface area contributed by atoms with Crippen LogP contribution in [0.3, 0.4) is 0 Å². The highest BCUT2D eigenvalue weighted by Crippen LogP contribution is 2.31. The fourth-order valence-corrected chi connectivity index (χ4v) is 4.03.